The van der Waals surface area contributed by atoms with Gasteiger partial charge >= 0.3 is 0 Å². The van der Waals surface area contributed by atoms with Gasteiger partial charge in [0.25, 0.3) is 0 Å². The van der Waals surface area contributed by atoms with Gasteiger partial charge in [0.2, 0.25) is 0 Å². The fraction of sp³-hybridized carbons (Fsp3) is 1.00. The normalized spacial score (nSPS) is 28.3. The van der Waals surface area contributed by atoms with Crippen LogP contribution in [0.15, 0.2) is 0 Å². The molecule has 8 nitrogen and oxygen atoms in total. The smallest absolute Gasteiger partial charge is 0.172 e. The van der Waals surface area contributed by atoms with Crippen LogP contribution >= 0.6 is 0 Å². The molecule has 18 heavy (non-hydrogen) atoms. The highest BCUT2D eigenvalue weighted by Gasteiger charge is 2.50. The van der Waals surface area contributed by atoms with Crippen molar-refractivity contribution < 1.29 is 40.1 Å². The molecule has 1 saturated heterocycles. The maximum Gasteiger partial charge on any atom is 0.172 e. The first-order valence-electron chi connectivity index (χ1n) is 5.53. The molecule has 6 N–H and O–H groups in total. The van der Waals surface area contributed by atoms with E-state index in [9.17, 15) is 20.4 Å². The maximum absolute atomic E-state index is 9.77. The zero-order chi connectivity index (χ0) is 13.8. The van der Waals surface area contributed by atoms with Crippen LogP contribution in [0.25, 0.3) is 0 Å². The van der Waals surface area contributed by atoms with Crippen LogP contribution < -0.4 is 0 Å². The van der Waals surface area contributed by atoms with E-state index in [2.05, 4.69) is 0 Å². The fourth-order valence-electron chi connectivity index (χ4n) is 1.61. The van der Waals surface area contributed by atoms with Gasteiger partial charge in [-0.05, 0) is 0 Å². The van der Waals surface area contributed by atoms with Crippen LogP contribution in [0, 0.1) is 10.8 Å². The molecule has 1 rings (SSSR count). The predicted octanol–water partition coefficient (Wildman–Crippen LogP) is -3.39. The minimum absolute atomic E-state index is 0.229. The topological polar surface area (TPSA) is 140 Å². The van der Waals surface area contributed by atoms with E-state index in [1.54, 1.807) is 0 Å². The van der Waals surface area contributed by atoms with Crippen LogP contribution in [0.2, 0.25) is 0 Å². The quantitative estimate of drug-likeness (QED) is 0.293. The molecular formula is C10H20O8. The van der Waals surface area contributed by atoms with E-state index in [4.69, 9.17) is 19.7 Å². The average molecular weight is 268 g/mol. The third-order valence-electron chi connectivity index (χ3n) is 3.37. The van der Waals surface area contributed by atoms with Gasteiger partial charge in [0.15, 0.2) is 12.6 Å². The number of rotatable bonds is 6. The lowest BCUT2D eigenvalue weighted by molar-refractivity contribution is -0.371. The highest BCUT2D eigenvalue weighted by molar-refractivity contribution is 4.89. The monoisotopic (exact) mass is 268 g/mol. The summed E-state index contributed by atoms with van der Waals surface area (Å²) in [5.41, 5.74) is -2.82. The summed E-state index contributed by atoms with van der Waals surface area (Å²) in [6, 6.07) is 0. The summed E-state index contributed by atoms with van der Waals surface area (Å²) in [5, 5.41) is 55.7. The molecule has 2 atom stereocenters. The number of hydrogen-bond acceptors (Lipinski definition) is 8. The second kappa shape index (κ2) is 6.22. The Labute approximate surface area is 104 Å². The first-order chi connectivity index (χ1) is 8.54. The van der Waals surface area contributed by atoms with Crippen LogP contribution in [-0.4, -0.2) is 82.9 Å². The van der Waals surface area contributed by atoms with E-state index >= 15 is 0 Å². The number of aliphatic hydroxyl groups is 6. The zero-order valence-electron chi connectivity index (χ0n) is 9.90. The molecule has 2 unspecified atom stereocenters. The van der Waals surface area contributed by atoms with Crippen molar-refractivity contribution in [1.29, 1.82) is 0 Å². The van der Waals surface area contributed by atoms with Crippen molar-refractivity contribution in [2.45, 2.75) is 12.6 Å². The zero-order valence-corrected chi connectivity index (χ0v) is 9.90. The largest absolute Gasteiger partial charge is 0.395 e. The van der Waals surface area contributed by atoms with Gasteiger partial charge < -0.3 is 40.1 Å². The number of hydrogen-bond donors (Lipinski definition) is 6. The minimum Gasteiger partial charge on any atom is -0.395 e. The third-order valence-corrected chi connectivity index (χ3v) is 3.37. The van der Waals surface area contributed by atoms with Gasteiger partial charge in [-0.1, -0.05) is 0 Å². The molecule has 0 bridgehead atoms. The Hall–Kier alpha value is -0.320. The molecular weight excluding hydrogens is 248 g/mol. The van der Waals surface area contributed by atoms with Gasteiger partial charge in [0.1, 0.15) is 0 Å². The SMILES string of the molecule is OCC1(CO)COC(C(CO)(CO)CO)OC1O. The Kier molecular flexibility index (Phi) is 5.44. The van der Waals surface area contributed by atoms with Crippen molar-refractivity contribution in [3.05, 3.63) is 0 Å². The predicted molar refractivity (Wildman–Crippen MR) is 57.1 cm³/mol. The first-order valence-corrected chi connectivity index (χ1v) is 5.53. The van der Waals surface area contributed by atoms with E-state index in [1.807, 2.05) is 0 Å². The summed E-state index contributed by atoms with van der Waals surface area (Å²) in [7, 11) is 0. The molecule has 8 heteroatoms. The Morgan fingerprint density at radius 1 is 1.00 bits per heavy atom. The van der Waals surface area contributed by atoms with E-state index < -0.39 is 56.4 Å². The van der Waals surface area contributed by atoms with Crippen LogP contribution in [0.4, 0.5) is 0 Å². The maximum atomic E-state index is 9.77. The molecule has 0 saturated carbocycles. The summed E-state index contributed by atoms with van der Waals surface area (Å²) in [6.07, 6.45) is -2.77. The summed E-state index contributed by atoms with van der Waals surface area (Å²) >= 11 is 0. The van der Waals surface area contributed by atoms with Crippen LogP contribution in [0.1, 0.15) is 0 Å². The molecule has 0 aromatic carbocycles. The van der Waals surface area contributed by atoms with Crippen LogP contribution in [-0.2, 0) is 9.47 Å². The van der Waals surface area contributed by atoms with Crippen molar-refractivity contribution in [3.63, 3.8) is 0 Å². The first kappa shape index (κ1) is 15.7. The fourth-order valence-corrected chi connectivity index (χ4v) is 1.61. The summed E-state index contributed by atoms with van der Waals surface area (Å²) < 4.78 is 10.3. The lowest BCUT2D eigenvalue weighted by Gasteiger charge is -2.46. The summed E-state index contributed by atoms with van der Waals surface area (Å²) in [4.78, 5) is 0. The molecule has 1 heterocycles. The van der Waals surface area contributed by atoms with Gasteiger partial charge in [-0.3, -0.25) is 0 Å². The van der Waals surface area contributed by atoms with Gasteiger partial charge in [0.05, 0.1) is 50.5 Å². The molecule has 0 radical (unpaired) electrons. The molecule has 0 aliphatic carbocycles. The average Bonchev–Trinajstić information content (AvgIpc) is 2.42. The summed E-state index contributed by atoms with van der Waals surface area (Å²) in [5.74, 6) is 0. The Bertz CT molecular complexity index is 242. The van der Waals surface area contributed by atoms with Gasteiger partial charge in [-0.15, -0.1) is 0 Å². The standard InChI is InChI=1S/C10H20O8/c11-1-9(2-12,3-13)8-17-6-10(4-14,5-15)7(16)18-8/h7-8,11-16H,1-6H2. The van der Waals surface area contributed by atoms with Gasteiger partial charge in [-0.25, -0.2) is 0 Å². The van der Waals surface area contributed by atoms with Crippen molar-refractivity contribution >= 4 is 0 Å². The Morgan fingerprint density at radius 3 is 1.83 bits per heavy atom. The number of aliphatic hydroxyl groups excluding tert-OH is 6. The molecule has 1 aliphatic heterocycles. The minimum atomic E-state index is -1.53. The third kappa shape index (κ3) is 2.51. The second-order valence-electron chi connectivity index (χ2n) is 4.65. The van der Waals surface area contributed by atoms with E-state index in [0.29, 0.717) is 0 Å². The lowest BCUT2D eigenvalue weighted by atomic mass is 9.86. The highest BCUT2D eigenvalue weighted by atomic mass is 16.7. The Balaban J connectivity index is 2.82. The van der Waals surface area contributed by atoms with Crippen molar-refractivity contribution in [2.24, 2.45) is 10.8 Å². The lowest BCUT2D eigenvalue weighted by Crippen LogP contribution is -2.59. The van der Waals surface area contributed by atoms with Crippen molar-refractivity contribution in [2.75, 3.05) is 39.6 Å². The van der Waals surface area contributed by atoms with Gasteiger partial charge in [-0.2, -0.15) is 0 Å². The summed E-state index contributed by atoms with van der Waals surface area (Å²) in [6.45, 7) is -3.16. The van der Waals surface area contributed by atoms with Crippen molar-refractivity contribution in [1.82, 2.24) is 0 Å². The molecule has 1 fully saturated rings. The molecule has 0 spiro atoms. The molecule has 0 aromatic rings. The van der Waals surface area contributed by atoms with Crippen LogP contribution in [0.3, 0.4) is 0 Å². The Morgan fingerprint density at radius 2 is 1.50 bits per heavy atom. The van der Waals surface area contributed by atoms with Crippen LogP contribution in [0.5, 0.6) is 0 Å². The highest BCUT2D eigenvalue weighted by Crippen LogP contribution is 2.35. The van der Waals surface area contributed by atoms with Gasteiger partial charge in [0, 0.05) is 0 Å². The molecule has 1 aliphatic rings. The van der Waals surface area contributed by atoms with E-state index in [0.717, 1.165) is 0 Å². The molecule has 0 amide bonds. The second-order valence-corrected chi connectivity index (χ2v) is 4.65. The molecule has 0 aromatic heterocycles. The van der Waals surface area contributed by atoms with Crippen molar-refractivity contribution in [3.8, 4) is 0 Å². The van der Waals surface area contributed by atoms with E-state index in [1.165, 1.54) is 0 Å². The number of ether oxygens (including phenoxy) is 2. The van der Waals surface area contributed by atoms with E-state index in [-0.39, 0.29) is 6.61 Å². The molecule has 108 valence electrons.